The summed E-state index contributed by atoms with van der Waals surface area (Å²) in [5.74, 6) is 0.892. The fraction of sp³-hybridized carbons (Fsp3) is 0.552. The highest BCUT2D eigenvalue weighted by Crippen LogP contribution is 2.30. The SMILES string of the molecule is CCCCCCCCCCCCOc1c(C)cc(OCc2ccc(C(=O)O)cc2)cc1CC. The maximum atomic E-state index is 11.0. The van der Waals surface area contributed by atoms with Gasteiger partial charge in [0.05, 0.1) is 12.2 Å². The third-order valence-corrected chi connectivity index (χ3v) is 6.06. The molecule has 0 heterocycles. The predicted molar refractivity (Wildman–Crippen MR) is 136 cm³/mol. The summed E-state index contributed by atoms with van der Waals surface area (Å²) in [5, 5.41) is 9.01. The minimum absolute atomic E-state index is 0.284. The average molecular weight is 455 g/mol. The summed E-state index contributed by atoms with van der Waals surface area (Å²) in [6.45, 7) is 7.64. The molecule has 0 radical (unpaired) electrons. The van der Waals surface area contributed by atoms with Crippen molar-refractivity contribution in [1.29, 1.82) is 0 Å². The molecule has 33 heavy (non-hydrogen) atoms. The molecule has 0 saturated heterocycles. The van der Waals surface area contributed by atoms with Crippen molar-refractivity contribution < 1.29 is 19.4 Å². The Bertz CT molecular complexity index is 826. The molecule has 0 fully saturated rings. The lowest BCUT2D eigenvalue weighted by Gasteiger charge is -2.16. The van der Waals surface area contributed by atoms with E-state index < -0.39 is 5.97 Å². The number of hydrogen-bond donors (Lipinski definition) is 1. The molecule has 0 aliphatic carbocycles. The van der Waals surface area contributed by atoms with Gasteiger partial charge in [-0.2, -0.15) is 0 Å². The molecule has 0 spiro atoms. The quantitative estimate of drug-likeness (QED) is 0.245. The van der Waals surface area contributed by atoms with Crippen LogP contribution in [0.5, 0.6) is 11.5 Å². The molecule has 0 bridgehead atoms. The van der Waals surface area contributed by atoms with E-state index in [0.29, 0.717) is 6.61 Å². The minimum atomic E-state index is -0.918. The van der Waals surface area contributed by atoms with E-state index in [9.17, 15) is 4.79 Å². The summed E-state index contributed by atoms with van der Waals surface area (Å²) in [5.41, 5.74) is 3.49. The zero-order valence-electron chi connectivity index (χ0n) is 20.8. The monoisotopic (exact) mass is 454 g/mol. The van der Waals surface area contributed by atoms with Gasteiger partial charge in [-0.15, -0.1) is 0 Å². The maximum Gasteiger partial charge on any atom is 0.335 e. The second-order valence-corrected chi connectivity index (χ2v) is 8.90. The molecule has 4 nitrogen and oxygen atoms in total. The normalized spacial score (nSPS) is 10.9. The average Bonchev–Trinajstić information content (AvgIpc) is 2.82. The third kappa shape index (κ3) is 9.89. The maximum absolute atomic E-state index is 11.0. The van der Waals surface area contributed by atoms with E-state index in [1.807, 2.05) is 6.07 Å². The van der Waals surface area contributed by atoms with Crippen molar-refractivity contribution in [3.05, 3.63) is 58.7 Å². The highest BCUT2D eigenvalue weighted by atomic mass is 16.5. The molecule has 0 amide bonds. The Kier molecular flexibility index (Phi) is 12.5. The molecular formula is C29H42O4. The zero-order valence-corrected chi connectivity index (χ0v) is 20.8. The number of unbranched alkanes of at least 4 members (excludes halogenated alkanes) is 9. The first-order chi connectivity index (χ1) is 16.0. The van der Waals surface area contributed by atoms with Gasteiger partial charge in [-0.1, -0.05) is 83.8 Å². The van der Waals surface area contributed by atoms with E-state index in [0.717, 1.165) is 42.1 Å². The molecule has 182 valence electrons. The second kappa shape index (κ2) is 15.4. The van der Waals surface area contributed by atoms with Gasteiger partial charge in [0.25, 0.3) is 0 Å². The fourth-order valence-electron chi connectivity index (χ4n) is 4.04. The first kappa shape index (κ1) is 26.8. The number of benzene rings is 2. The van der Waals surface area contributed by atoms with Crippen molar-refractivity contribution in [2.45, 2.75) is 98.0 Å². The smallest absolute Gasteiger partial charge is 0.335 e. The van der Waals surface area contributed by atoms with E-state index in [4.69, 9.17) is 14.6 Å². The molecule has 0 aliphatic heterocycles. The van der Waals surface area contributed by atoms with E-state index in [2.05, 4.69) is 26.8 Å². The number of aryl methyl sites for hydroxylation is 2. The van der Waals surface area contributed by atoms with Gasteiger partial charge in [-0.05, 0) is 60.7 Å². The van der Waals surface area contributed by atoms with Crippen molar-refractivity contribution in [3.8, 4) is 11.5 Å². The summed E-state index contributed by atoms with van der Waals surface area (Å²) in [7, 11) is 0. The highest BCUT2D eigenvalue weighted by molar-refractivity contribution is 5.87. The Morgan fingerprint density at radius 3 is 2.00 bits per heavy atom. The van der Waals surface area contributed by atoms with Gasteiger partial charge in [0.15, 0.2) is 0 Å². The summed E-state index contributed by atoms with van der Waals surface area (Å²) in [4.78, 5) is 11.0. The largest absolute Gasteiger partial charge is 0.493 e. The molecule has 1 N–H and O–H groups in total. The van der Waals surface area contributed by atoms with Gasteiger partial charge in [0.1, 0.15) is 18.1 Å². The van der Waals surface area contributed by atoms with Gasteiger partial charge >= 0.3 is 5.97 Å². The Morgan fingerprint density at radius 2 is 1.42 bits per heavy atom. The van der Waals surface area contributed by atoms with Crippen molar-refractivity contribution in [3.63, 3.8) is 0 Å². The number of carbonyl (C=O) groups is 1. The third-order valence-electron chi connectivity index (χ3n) is 6.06. The Balaban J connectivity index is 1.74. The molecule has 2 aromatic rings. The molecule has 2 aromatic carbocycles. The molecule has 0 unspecified atom stereocenters. The van der Waals surface area contributed by atoms with Crippen LogP contribution in [0.2, 0.25) is 0 Å². The molecule has 0 aromatic heterocycles. The van der Waals surface area contributed by atoms with Crippen LogP contribution in [0.25, 0.3) is 0 Å². The molecule has 0 atom stereocenters. The van der Waals surface area contributed by atoms with Gasteiger partial charge in [-0.25, -0.2) is 4.79 Å². The van der Waals surface area contributed by atoms with Crippen LogP contribution in [-0.2, 0) is 13.0 Å². The number of carboxylic acids is 1. The van der Waals surface area contributed by atoms with Crippen LogP contribution in [-0.4, -0.2) is 17.7 Å². The first-order valence-electron chi connectivity index (χ1n) is 12.8. The molecule has 0 saturated carbocycles. The molecular weight excluding hydrogens is 412 g/mol. The summed E-state index contributed by atoms with van der Waals surface area (Å²) >= 11 is 0. The lowest BCUT2D eigenvalue weighted by Crippen LogP contribution is -2.04. The number of ether oxygens (including phenoxy) is 2. The van der Waals surface area contributed by atoms with Crippen LogP contribution in [0, 0.1) is 6.92 Å². The summed E-state index contributed by atoms with van der Waals surface area (Å²) in [6, 6.07) is 10.9. The highest BCUT2D eigenvalue weighted by Gasteiger charge is 2.10. The molecule has 2 rings (SSSR count). The predicted octanol–water partition coefficient (Wildman–Crippen LogP) is 8.13. The van der Waals surface area contributed by atoms with Crippen molar-refractivity contribution in [1.82, 2.24) is 0 Å². The first-order valence-corrected chi connectivity index (χ1v) is 12.8. The van der Waals surface area contributed by atoms with Crippen LogP contribution in [0.1, 0.15) is 105 Å². The van der Waals surface area contributed by atoms with Crippen LogP contribution >= 0.6 is 0 Å². The fourth-order valence-corrected chi connectivity index (χ4v) is 4.04. The van der Waals surface area contributed by atoms with Crippen molar-refractivity contribution in [2.75, 3.05) is 6.61 Å². The minimum Gasteiger partial charge on any atom is -0.493 e. The lowest BCUT2D eigenvalue weighted by atomic mass is 10.1. The van der Waals surface area contributed by atoms with Gasteiger partial charge in [-0.3, -0.25) is 0 Å². The van der Waals surface area contributed by atoms with Crippen molar-refractivity contribution in [2.24, 2.45) is 0 Å². The number of rotatable bonds is 17. The van der Waals surface area contributed by atoms with E-state index in [-0.39, 0.29) is 5.56 Å². The second-order valence-electron chi connectivity index (χ2n) is 8.90. The van der Waals surface area contributed by atoms with Crippen LogP contribution < -0.4 is 9.47 Å². The number of carboxylic acid groups (broad SMARTS) is 1. The molecule has 0 aliphatic rings. The number of aromatic carboxylic acids is 1. The van der Waals surface area contributed by atoms with E-state index in [1.165, 1.54) is 63.4 Å². The molecule has 4 heteroatoms. The van der Waals surface area contributed by atoms with Gasteiger partial charge in [0, 0.05) is 0 Å². The topological polar surface area (TPSA) is 55.8 Å². The number of hydrogen-bond acceptors (Lipinski definition) is 3. The van der Waals surface area contributed by atoms with Crippen molar-refractivity contribution >= 4 is 5.97 Å². The Morgan fingerprint density at radius 1 is 0.818 bits per heavy atom. The van der Waals surface area contributed by atoms with Crippen LogP contribution in [0.4, 0.5) is 0 Å². The zero-order chi connectivity index (χ0) is 23.9. The van der Waals surface area contributed by atoms with Gasteiger partial charge < -0.3 is 14.6 Å². The summed E-state index contributed by atoms with van der Waals surface area (Å²) in [6.07, 6.45) is 14.1. The van der Waals surface area contributed by atoms with Crippen LogP contribution in [0.3, 0.4) is 0 Å². The standard InChI is InChI=1S/C29H42O4/c1-4-6-7-8-9-10-11-12-13-14-19-32-28-23(3)20-27(21-25(28)5-2)33-22-24-15-17-26(18-16-24)29(30)31/h15-18,20-21H,4-14,19,22H2,1-3H3,(H,30,31). The summed E-state index contributed by atoms with van der Waals surface area (Å²) < 4.78 is 12.2. The Labute approximate surface area is 200 Å². The van der Waals surface area contributed by atoms with Crippen LogP contribution in [0.15, 0.2) is 36.4 Å². The Hall–Kier alpha value is -2.49. The van der Waals surface area contributed by atoms with E-state index >= 15 is 0 Å². The van der Waals surface area contributed by atoms with E-state index in [1.54, 1.807) is 24.3 Å². The van der Waals surface area contributed by atoms with Gasteiger partial charge in [0.2, 0.25) is 0 Å². The lowest BCUT2D eigenvalue weighted by molar-refractivity contribution is 0.0697.